The number of ether oxygens (including phenoxy) is 1. The van der Waals surface area contributed by atoms with Gasteiger partial charge in [-0.15, -0.1) is 0 Å². The molecule has 0 radical (unpaired) electrons. The number of hydrogen-bond acceptors (Lipinski definition) is 7. The van der Waals surface area contributed by atoms with E-state index in [1.54, 1.807) is 12.1 Å². The van der Waals surface area contributed by atoms with Crippen molar-refractivity contribution >= 4 is 11.9 Å². The zero-order valence-corrected chi connectivity index (χ0v) is 35.0. The van der Waals surface area contributed by atoms with E-state index in [0.717, 1.165) is 25.7 Å². The standard InChI is InChI=1S/C47H69N3O6/c1-29(2)32-15-22-47(50-26-31(52)27-51)24-23-44(6)36-11-8-12-37-42(3,4)34(16-18-43(37,5)35(36)17-19-45(44,7)38(32)47)30-13-20-46(21-14-30,41(54)55)28-56-40-33(39(48)53)10-9-25-49-40/h9-10,13,16,25,31-32,35-38,50-52H,1,8,11-12,14-15,17-24,26-28H2,2-7H3,(H2,48,53)(H,54,55)/t31-,32+,35+,36+,37+,38-,43-,44+,45-,46+,47+/m1/s1. The minimum Gasteiger partial charge on any atom is -0.481 e. The maximum absolute atomic E-state index is 12.8. The molecule has 308 valence electrons. The number of aromatic nitrogens is 1. The fraction of sp³-hybridized carbons (Fsp3) is 0.723. The Kier molecular flexibility index (Phi) is 10.8. The van der Waals surface area contributed by atoms with Gasteiger partial charge in [0.05, 0.1) is 12.7 Å². The number of aliphatic hydroxyl groups is 2. The van der Waals surface area contributed by atoms with Crippen LogP contribution >= 0.6 is 0 Å². The lowest BCUT2D eigenvalue weighted by atomic mass is 9.36. The topological polar surface area (TPSA) is 155 Å². The molecule has 9 nitrogen and oxygen atoms in total. The second-order valence-corrected chi connectivity index (χ2v) is 20.5. The fourth-order valence-corrected chi connectivity index (χ4v) is 14.6. The van der Waals surface area contributed by atoms with E-state index in [4.69, 9.17) is 10.5 Å². The Hall–Kier alpha value is -3.01. The van der Waals surface area contributed by atoms with Crippen LogP contribution in [-0.2, 0) is 4.79 Å². The van der Waals surface area contributed by atoms with Crippen molar-refractivity contribution in [1.29, 1.82) is 0 Å². The molecule has 1 heterocycles. The van der Waals surface area contributed by atoms with Gasteiger partial charge in [-0.05, 0) is 159 Å². The number of pyridine rings is 1. The van der Waals surface area contributed by atoms with Crippen LogP contribution in [0.25, 0.3) is 0 Å². The van der Waals surface area contributed by atoms with Crippen molar-refractivity contribution in [2.45, 2.75) is 137 Å². The van der Waals surface area contributed by atoms with Gasteiger partial charge in [0.25, 0.3) is 5.91 Å². The van der Waals surface area contributed by atoms with Crippen LogP contribution in [0.2, 0.25) is 0 Å². The quantitative estimate of drug-likeness (QED) is 0.142. The second kappa shape index (κ2) is 14.7. The number of primary amides is 1. The van der Waals surface area contributed by atoms with Crippen molar-refractivity contribution in [3.8, 4) is 5.88 Å². The molecule has 0 unspecified atom stereocenters. The third-order valence-corrected chi connectivity index (χ3v) is 17.7. The molecule has 4 saturated carbocycles. The van der Waals surface area contributed by atoms with Gasteiger partial charge in [-0.3, -0.25) is 9.59 Å². The molecule has 6 N–H and O–H groups in total. The molecule has 7 rings (SSSR count). The molecule has 1 amide bonds. The third kappa shape index (κ3) is 6.32. The van der Waals surface area contributed by atoms with E-state index in [1.165, 1.54) is 61.4 Å². The van der Waals surface area contributed by atoms with Crippen molar-refractivity contribution < 1.29 is 29.6 Å². The Labute approximate surface area is 335 Å². The summed E-state index contributed by atoms with van der Waals surface area (Å²) in [5.74, 6) is 1.22. The van der Waals surface area contributed by atoms with Crippen LogP contribution in [0, 0.1) is 56.7 Å². The lowest BCUT2D eigenvalue weighted by Gasteiger charge is -2.69. The number of rotatable bonds is 11. The summed E-state index contributed by atoms with van der Waals surface area (Å²) < 4.78 is 5.93. The average molecular weight is 772 g/mol. The number of fused-ring (bicyclic) bond motifs is 7. The molecule has 1 aromatic heterocycles. The first-order valence-corrected chi connectivity index (χ1v) is 21.6. The van der Waals surface area contributed by atoms with E-state index in [0.29, 0.717) is 55.4 Å². The van der Waals surface area contributed by atoms with Crippen LogP contribution in [0.5, 0.6) is 5.88 Å². The zero-order chi connectivity index (χ0) is 40.5. The highest BCUT2D eigenvalue weighted by Crippen LogP contribution is 2.75. The molecule has 11 atom stereocenters. The molecular weight excluding hydrogens is 703 g/mol. The van der Waals surface area contributed by atoms with E-state index in [1.807, 2.05) is 0 Å². The molecule has 0 aliphatic heterocycles. The Bertz CT molecular complexity index is 1790. The SMILES string of the molecule is C=C(C)[C@@H]1CC[C@]2(NC[C@@H](O)CO)CC[C@@]3(C)[C@H]4CCC[C@H]5C(C)(C)C(C6=CC[C@](COc7ncccc7C(N)=O)(C(=O)O)CC6)=CC[C@]5(C)[C@H]4CC[C@]3(C)[C@@H]12. The minimum atomic E-state index is -1.11. The van der Waals surface area contributed by atoms with E-state index < -0.39 is 23.4 Å². The van der Waals surface area contributed by atoms with Crippen molar-refractivity contribution in [3.63, 3.8) is 0 Å². The summed E-state index contributed by atoms with van der Waals surface area (Å²) in [6.45, 7) is 19.8. The second-order valence-electron chi connectivity index (χ2n) is 20.5. The predicted octanol–water partition coefficient (Wildman–Crippen LogP) is 8.02. The highest BCUT2D eigenvalue weighted by molar-refractivity contribution is 5.95. The number of nitrogens with one attached hydrogen (secondary N) is 1. The molecule has 9 heteroatoms. The summed E-state index contributed by atoms with van der Waals surface area (Å²) in [4.78, 5) is 29.0. The first-order chi connectivity index (χ1) is 26.4. The number of aliphatic hydroxyl groups excluding tert-OH is 2. The number of nitrogens with zero attached hydrogens (tertiary/aromatic N) is 1. The number of allylic oxidation sites excluding steroid dienone is 5. The van der Waals surface area contributed by atoms with Gasteiger partial charge in [0.1, 0.15) is 17.6 Å². The van der Waals surface area contributed by atoms with Crippen LogP contribution in [0.1, 0.15) is 135 Å². The van der Waals surface area contributed by atoms with Gasteiger partial charge in [-0.1, -0.05) is 65.3 Å². The summed E-state index contributed by atoms with van der Waals surface area (Å²) in [7, 11) is 0. The molecular formula is C47H69N3O6. The number of carboxylic acids is 1. The molecule has 4 fully saturated rings. The maximum atomic E-state index is 12.8. The van der Waals surface area contributed by atoms with Crippen LogP contribution in [-0.4, -0.2) is 63.6 Å². The fourth-order valence-electron chi connectivity index (χ4n) is 14.6. The molecule has 6 aliphatic carbocycles. The van der Waals surface area contributed by atoms with E-state index >= 15 is 0 Å². The predicted molar refractivity (Wildman–Crippen MR) is 219 cm³/mol. The Morgan fingerprint density at radius 3 is 2.43 bits per heavy atom. The van der Waals surface area contributed by atoms with Gasteiger partial charge >= 0.3 is 5.97 Å². The van der Waals surface area contributed by atoms with Crippen LogP contribution in [0.4, 0.5) is 0 Å². The van der Waals surface area contributed by atoms with Gasteiger partial charge in [0, 0.05) is 18.3 Å². The number of hydrogen-bond donors (Lipinski definition) is 5. The number of amides is 1. The molecule has 0 spiro atoms. The largest absolute Gasteiger partial charge is 0.481 e. The number of β-amino-alcohol motifs (C(OH)–C–C–N with tert-alkyl or cyclic N) is 1. The van der Waals surface area contributed by atoms with Gasteiger partial charge in [0.15, 0.2) is 0 Å². The molecule has 0 aromatic carbocycles. The van der Waals surface area contributed by atoms with Crippen molar-refractivity contribution in [3.05, 3.63) is 59.3 Å². The normalized spacial score (nSPS) is 40.7. The highest BCUT2D eigenvalue weighted by atomic mass is 16.5. The number of carbonyl (C=O) groups is 2. The number of aliphatic carboxylic acids is 1. The summed E-state index contributed by atoms with van der Waals surface area (Å²) in [5.41, 5.74) is 8.94. The van der Waals surface area contributed by atoms with Crippen LogP contribution < -0.4 is 15.8 Å². The summed E-state index contributed by atoms with van der Waals surface area (Å²) >= 11 is 0. The summed E-state index contributed by atoms with van der Waals surface area (Å²) in [6.07, 6.45) is 18.7. The molecule has 1 aromatic rings. The minimum absolute atomic E-state index is 0.0363. The number of carbonyl (C=O) groups excluding carboxylic acids is 1. The monoisotopic (exact) mass is 772 g/mol. The van der Waals surface area contributed by atoms with Crippen molar-refractivity contribution in [2.24, 2.45) is 62.4 Å². The first-order valence-electron chi connectivity index (χ1n) is 21.6. The zero-order valence-electron chi connectivity index (χ0n) is 35.0. The van der Waals surface area contributed by atoms with Gasteiger partial charge < -0.3 is 31.1 Å². The van der Waals surface area contributed by atoms with Crippen LogP contribution in [0.15, 0.2) is 53.8 Å². The Balaban J connectivity index is 1.15. The van der Waals surface area contributed by atoms with E-state index in [2.05, 4.69) is 70.6 Å². The average Bonchev–Trinajstić information content (AvgIpc) is 3.49. The molecule has 0 saturated heterocycles. The first kappa shape index (κ1) is 41.2. The molecule has 0 bridgehead atoms. The van der Waals surface area contributed by atoms with Gasteiger partial charge in [-0.2, -0.15) is 0 Å². The lowest BCUT2D eigenvalue weighted by Crippen LogP contribution is -2.68. The van der Waals surface area contributed by atoms with Crippen molar-refractivity contribution in [2.75, 3.05) is 19.8 Å². The van der Waals surface area contributed by atoms with E-state index in [9.17, 15) is 24.9 Å². The van der Waals surface area contributed by atoms with Gasteiger partial charge in [-0.25, -0.2) is 4.98 Å². The third-order valence-electron chi connectivity index (χ3n) is 17.7. The number of carboxylic acid groups (broad SMARTS) is 1. The maximum Gasteiger partial charge on any atom is 0.313 e. The van der Waals surface area contributed by atoms with E-state index in [-0.39, 0.29) is 51.9 Å². The summed E-state index contributed by atoms with van der Waals surface area (Å²) in [6, 6.07) is 3.16. The number of nitrogens with two attached hydrogens (primary N) is 1. The summed E-state index contributed by atoms with van der Waals surface area (Å²) in [5, 5.41) is 34.5. The van der Waals surface area contributed by atoms with Crippen LogP contribution in [0.3, 0.4) is 0 Å². The van der Waals surface area contributed by atoms with Gasteiger partial charge in [0.2, 0.25) is 5.88 Å². The molecule has 56 heavy (non-hydrogen) atoms. The lowest BCUT2D eigenvalue weighted by molar-refractivity contribution is -0.190. The Morgan fingerprint density at radius 1 is 1.00 bits per heavy atom. The Morgan fingerprint density at radius 2 is 1.77 bits per heavy atom. The highest BCUT2D eigenvalue weighted by Gasteiger charge is 2.70. The smallest absolute Gasteiger partial charge is 0.313 e. The van der Waals surface area contributed by atoms with Crippen molar-refractivity contribution in [1.82, 2.24) is 10.3 Å². The molecule has 6 aliphatic rings.